The second kappa shape index (κ2) is 10.5. The highest BCUT2D eigenvalue weighted by molar-refractivity contribution is 14.0. The molecule has 0 saturated carbocycles. The molecule has 2 rings (SSSR count). The van der Waals surface area contributed by atoms with Gasteiger partial charge >= 0.3 is 0 Å². The number of halogens is 2. The Hall–Kier alpha value is -1.81. The first-order valence-corrected chi connectivity index (χ1v) is 8.52. The highest BCUT2D eigenvalue weighted by atomic mass is 127. The fourth-order valence-electron chi connectivity index (χ4n) is 2.46. The molecule has 0 fully saturated rings. The largest absolute Gasteiger partial charge is 0.494 e. The highest BCUT2D eigenvalue weighted by Gasteiger charge is 2.26. The van der Waals surface area contributed by atoms with Crippen LogP contribution >= 0.6 is 24.0 Å². The van der Waals surface area contributed by atoms with E-state index < -0.39 is 11.4 Å². The number of hydrogen-bond donors (Lipinski definition) is 3. The molecule has 0 spiro atoms. The Morgan fingerprint density at radius 3 is 2.70 bits per heavy atom. The molecule has 1 aromatic carbocycles. The number of aliphatic imine (C=N–C) groups is 1. The number of rotatable bonds is 7. The van der Waals surface area contributed by atoms with E-state index in [1.54, 1.807) is 31.2 Å². The van der Waals surface area contributed by atoms with Crippen LogP contribution in [-0.2, 0) is 5.60 Å². The molecule has 0 aliphatic heterocycles. The zero-order valence-corrected chi connectivity index (χ0v) is 18.3. The van der Waals surface area contributed by atoms with Gasteiger partial charge < -0.3 is 24.9 Å². The lowest BCUT2D eigenvalue weighted by molar-refractivity contribution is 0.0437. The molecular formula is C19H27FIN3O3. The predicted molar refractivity (Wildman–Crippen MR) is 114 cm³/mol. The molecule has 27 heavy (non-hydrogen) atoms. The Morgan fingerprint density at radius 1 is 1.41 bits per heavy atom. The third kappa shape index (κ3) is 6.39. The Kier molecular flexibility index (Phi) is 9.04. The molecule has 0 radical (unpaired) electrons. The number of nitrogens with zero attached hydrogens (tertiary/aromatic N) is 1. The predicted octanol–water partition coefficient (Wildman–Crippen LogP) is 3.57. The molecule has 0 saturated heterocycles. The summed E-state index contributed by atoms with van der Waals surface area (Å²) in [7, 11) is 1.43. The van der Waals surface area contributed by atoms with E-state index in [4.69, 9.17) is 9.15 Å². The quantitative estimate of drug-likeness (QED) is 0.314. The molecule has 0 aliphatic carbocycles. The monoisotopic (exact) mass is 491 g/mol. The smallest absolute Gasteiger partial charge is 0.191 e. The second-order valence-corrected chi connectivity index (χ2v) is 6.21. The van der Waals surface area contributed by atoms with Crippen molar-refractivity contribution in [3.05, 3.63) is 53.7 Å². The van der Waals surface area contributed by atoms with Crippen molar-refractivity contribution in [1.29, 1.82) is 0 Å². The number of aliphatic hydroxyl groups is 1. The minimum absolute atomic E-state index is 0. The van der Waals surface area contributed by atoms with Crippen molar-refractivity contribution >= 4 is 29.9 Å². The van der Waals surface area contributed by atoms with Gasteiger partial charge in [-0.3, -0.25) is 0 Å². The third-order valence-corrected chi connectivity index (χ3v) is 3.97. The lowest BCUT2D eigenvalue weighted by Crippen LogP contribution is -2.40. The van der Waals surface area contributed by atoms with E-state index >= 15 is 0 Å². The molecule has 6 nitrogen and oxygen atoms in total. The van der Waals surface area contributed by atoms with E-state index in [0.29, 0.717) is 18.3 Å². The SMILES string of the molecule is CCNC(=NCC(C)(O)c1ccco1)NC(C)c1ccc(OC)c(F)c1.I. The summed E-state index contributed by atoms with van der Waals surface area (Å²) in [6.45, 7) is 6.25. The lowest BCUT2D eigenvalue weighted by atomic mass is 10.0. The summed E-state index contributed by atoms with van der Waals surface area (Å²) in [5.74, 6) is 0.753. The van der Waals surface area contributed by atoms with Gasteiger partial charge in [0.2, 0.25) is 0 Å². The molecule has 0 amide bonds. The fraction of sp³-hybridized carbons (Fsp3) is 0.421. The summed E-state index contributed by atoms with van der Waals surface area (Å²) in [5.41, 5.74) is -0.465. The summed E-state index contributed by atoms with van der Waals surface area (Å²) in [5, 5.41) is 16.8. The number of methoxy groups -OCH3 is 1. The third-order valence-electron chi connectivity index (χ3n) is 3.97. The van der Waals surface area contributed by atoms with Crippen molar-refractivity contribution in [1.82, 2.24) is 10.6 Å². The molecule has 3 N–H and O–H groups in total. The molecule has 1 aromatic heterocycles. The summed E-state index contributed by atoms with van der Waals surface area (Å²) in [4.78, 5) is 4.43. The molecule has 2 atom stereocenters. The van der Waals surface area contributed by atoms with Gasteiger partial charge in [-0.05, 0) is 50.6 Å². The average molecular weight is 491 g/mol. The molecule has 1 heterocycles. The molecular weight excluding hydrogens is 464 g/mol. The van der Waals surface area contributed by atoms with Gasteiger partial charge in [0.25, 0.3) is 0 Å². The molecule has 2 unspecified atom stereocenters. The first-order chi connectivity index (χ1) is 12.4. The Morgan fingerprint density at radius 2 is 2.15 bits per heavy atom. The maximum absolute atomic E-state index is 13.9. The van der Waals surface area contributed by atoms with Gasteiger partial charge in [0.05, 0.1) is 26.0 Å². The fourth-order valence-corrected chi connectivity index (χ4v) is 2.46. The number of hydrogen-bond acceptors (Lipinski definition) is 4. The van der Waals surface area contributed by atoms with E-state index in [1.165, 1.54) is 19.4 Å². The first-order valence-electron chi connectivity index (χ1n) is 8.52. The number of furan rings is 1. The minimum atomic E-state index is -1.22. The van der Waals surface area contributed by atoms with Crippen LogP contribution in [0.1, 0.15) is 38.1 Å². The van der Waals surface area contributed by atoms with Crippen LogP contribution in [0, 0.1) is 5.82 Å². The maximum Gasteiger partial charge on any atom is 0.191 e. The molecule has 2 aromatic rings. The van der Waals surface area contributed by atoms with Crippen LogP contribution in [0.2, 0.25) is 0 Å². The van der Waals surface area contributed by atoms with Crippen LogP contribution in [0.3, 0.4) is 0 Å². The topological polar surface area (TPSA) is 79.0 Å². The second-order valence-electron chi connectivity index (χ2n) is 6.21. The van der Waals surface area contributed by atoms with Gasteiger partial charge in [0.15, 0.2) is 17.5 Å². The van der Waals surface area contributed by atoms with E-state index in [9.17, 15) is 9.50 Å². The number of nitrogens with one attached hydrogen (secondary N) is 2. The normalized spacial score (nSPS) is 14.7. The van der Waals surface area contributed by atoms with E-state index in [2.05, 4.69) is 15.6 Å². The van der Waals surface area contributed by atoms with Gasteiger partial charge in [-0.15, -0.1) is 24.0 Å². The number of guanidine groups is 1. The number of ether oxygens (including phenoxy) is 1. The van der Waals surface area contributed by atoms with Crippen LogP contribution < -0.4 is 15.4 Å². The molecule has 8 heteroatoms. The van der Waals surface area contributed by atoms with Crippen molar-refractivity contribution in [3.63, 3.8) is 0 Å². The van der Waals surface area contributed by atoms with Crippen molar-refractivity contribution in [2.75, 3.05) is 20.2 Å². The van der Waals surface area contributed by atoms with Gasteiger partial charge in [0.1, 0.15) is 11.4 Å². The zero-order chi connectivity index (χ0) is 19.2. The highest BCUT2D eigenvalue weighted by Crippen LogP contribution is 2.23. The summed E-state index contributed by atoms with van der Waals surface area (Å²) in [6.07, 6.45) is 1.51. The van der Waals surface area contributed by atoms with E-state index in [0.717, 1.165) is 5.56 Å². The Bertz CT molecular complexity index is 736. The van der Waals surface area contributed by atoms with Crippen molar-refractivity contribution in [3.8, 4) is 5.75 Å². The summed E-state index contributed by atoms with van der Waals surface area (Å²) < 4.78 is 24.1. The summed E-state index contributed by atoms with van der Waals surface area (Å²) in [6, 6.07) is 8.05. The van der Waals surface area contributed by atoms with Crippen LogP contribution in [0.25, 0.3) is 0 Å². The molecule has 0 aliphatic rings. The molecule has 150 valence electrons. The van der Waals surface area contributed by atoms with Gasteiger partial charge in [-0.1, -0.05) is 6.07 Å². The van der Waals surface area contributed by atoms with Crippen LogP contribution in [0.4, 0.5) is 4.39 Å². The Labute approximate surface area is 176 Å². The molecule has 0 bridgehead atoms. The van der Waals surface area contributed by atoms with Gasteiger partial charge in [0, 0.05) is 6.54 Å². The average Bonchev–Trinajstić information content (AvgIpc) is 3.15. The van der Waals surface area contributed by atoms with Crippen LogP contribution in [0.5, 0.6) is 5.75 Å². The van der Waals surface area contributed by atoms with Crippen molar-refractivity contribution in [2.24, 2.45) is 4.99 Å². The summed E-state index contributed by atoms with van der Waals surface area (Å²) >= 11 is 0. The minimum Gasteiger partial charge on any atom is -0.494 e. The van der Waals surface area contributed by atoms with Crippen LogP contribution in [-0.4, -0.2) is 31.3 Å². The van der Waals surface area contributed by atoms with E-state index in [-0.39, 0.29) is 42.3 Å². The number of benzene rings is 1. The lowest BCUT2D eigenvalue weighted by Gasteiger charge is -2.22. The van der Waals surface area contributed by atoms with Crippen molar-refractivity contribution in [2.45, 2.75) is 32.4 Å². The van der Waals surface area contributed by atoms with Gasteiger partial charge in [-0.25, -0.2) is 9.38 Å². The van der Waals surface area contributed by atoms with E-state index in [1.807, 2.05) is 13.8 Å². The maximum atomic E-state index is 13.9. The first kappa shape index (κ1) is 23.2. The van der Waals surface area contributed by atoms with Crippen molar-refractivity contribution < 1.29 is 18.7 Å². The Balaban J connectivity index is 0.00000364. The van der Waals surface area contributed by atoms with Crippen LogP contribution in [0.15, 0.2) is 46.0 Å². The standard InChI is InChI=1S/C19H26FN3O3.HI/c1-5-21-18(22-12-19(3,24)17-7-6-10-26-17)23-13(2)14-8-9-16(25-4)15(20)11-14;/h6-11,13,24H,5,12H2,1-4H3,(H2,21,22,23);1H. The van der Waals surface area contributed by atoms with Gasteiger partial charge in [-0.2, -0.15) is 0 Å². The zero-order valence-electron chi connectivity index (χ0n) is 16.0.